The van der Waals surface area contributed by atoms with Crippen LogP contribution in [-0.4, -0.2) is 40.9 Å². The Bertz CT molecular complexity index is 693. The maximum Gasteiger partial charge on any atom is 0.247 e. The van der Waals surface area contributed by atoms with Crippen molar-refractivity contribution in [1.82, 2.24) is 20.5 Å². The SMILES string of the molecule is C[C@H]1CN(c2nnc(-c3cccc(Cl)c3Cl)c(N)n2)CCN1. The normalized spacial score (nSPS) is 18.5. The van der Waals surface area contributed by atoms with Crippen LogP contribution in [0.4, 0.5) is 11.8 Å². The molecule has 0 bridgehead atoms. The molecule has 2 aromatic rings. The van der Waals surface area contributed by atoms with Gasteiger partial charge >= 0.3 is 0 Å². The average molecular weight is 339 g/mol. The van der Waals surface area contributed by atoms with E-state index in [1.165, 1.54) is 0 Å². The number of nitrogens with one attached hydrogen (secondary N) is 1. The molecule has 0 unspecified atom stereocenters. The van der Waals surface area contributed by atoms with Gasteiger partial charge in [0.2, 0.25) is 5.95 Å². The molecule has 1 aromatic carbocycles. The van der Waals surface area contributed by atoms with Crippen LogP contribution in [0.1, 0.15) is 6.92 Å². The third-order valence-corrected chi connectivity index (χ3v) is 4.38. The number of piperazine rings is 1. The zero-order valence-electron chi connectivity index (χ0n) is 12.1. The molecule has 3 N–H and O–H groups in total. The molecule has 3 rings (SSSR count). The number of nitrogens with zero attached hydrogens (tertiary/aromatic N) is 4. The smallest absolute Gasteiger partial charge is 0.247 e. The molecule has 1 aliphatic rings. The molecule has 6 nitrogen and oxygen atoms in total. The Morgan fingerprint density at radius 3 is 2.86 bits per heavy atom. The Kier molecular flexibility index (Phi) is 4.33. The Hall–Kier alpha value is -1.63. The largest absolute Gasteiger partial charge is 0.382 e. The summed E-state index contributed by atoms with van der Waals surface area (Å²) in [6, 6.07) is 5.67. The lowest BCUT2D eigenvalue weighted by Crippen LogP contribution is -2.50. The van der Waals surface area contributed by atoms with Crippen LogP contribution >= 0.6 is 23.2 Å². The van der Waals surface area contributed by atoms with Crippen LogP contribution in [0.2, 0.25) is 10.0 Å². The summed E-state index contributed by atoms with van der Waals surface area (Å²) < 4.78 is 0. The molecule has 0 aliphatic carbocycles. The zero-order valence-corrected chi connectivity index (χ0v) is 13.6. The Labute approximate surface area is 138 Å². The molecule has 1 saturated heterocycles. The average Bonchev–Trinajstić information content (AvgIpc) is 2.50. The standard InChI is InChI=1S/C14H16Cl2N6/c1-8-7-22(6-5-18-8)14-19-13(17)12(20-21-14)9-3-2-4-10(15)11(9)16/h2-4,8,18H,5-7H2,1H3,(H2,17,19,21)/t8-/m0/s1. The summed E-state index contributed by atoms with van der Waals surface area (Å²) in [4.78, 5) is 6.44. The first kappa shape index (κ1) is 15.3. The van der Waals surface area contributed by atoms with E-state index in [4.69, 9.17) is 28.9 Å². The molecule has 1 fully saturated rings. The Morgan fingerprint density at radius 2 is 2.14 bits per heavy atom. The van der Waals surface area contributed by atoms with Gasteiger partial charge in [0.25, 0.3) is 0 Å². The highest BCUT2D eigenvalue weighted by Crippen LogP contribution is 2.34. The van der Waals surface area contributed by atoms with Gasteiger partial charge in [-0.2, -0.15) is 4.98 Å². The minimum Gasteiger partial charge on any atom is -0.382 e. The molecule has 116 valence electrons. The van der Waals surface area contributed by atoms with Gasteiger partial charge in [-0.05, 0) is 13.0 Å². The van der Waals surface area contributed by atoms with E-state index in [0.717, 1.165) is 19.6 Å². The second-order valence-electron chi connectivity index (χ2n) is 5.25. The van der Waals surface area contributed by atoms with Crippen molar-refractivity contribution in [1.29, 1.82) is 0 Å². The predicted molar refractivity (Wildman–Crippen MR) is 89.4 cm³/mol. The van der Waals surface area contributed by atoms with Crippen LogP contribution in [0.15, 0.2) is 18.2 Å². The highest BCUT2D eigenvalue weighted by molar-refractivity contribution is 6.43. The molecule has 8 heteroatoms. The number of anilines is 2. The number of rotatable bonds is 2. The van der Waals surface area contributed by atoms with Gasteiger partial charge < -0.3 is 16.0 Å². The van der Waals surface area contributed by atoms with Crippen molar-refractivity contribution in [3.63, 3.8) is 0 Å². The van der Waals surface area contributed by atoms with Gasteiger partial charge in [0.05, 0.1) is 10.0 Å². The summed E-state index contributed by atoms with van der Waals surface area (Å²) in [7, 11) is 0. The molecule has 2 heterocycles. The lowest BCUT2D eigenvalue weighted by molar-refractivity contribution is 0.478. The Morgan fingerprint density at radius 1 is 1.32 bits per heavy atom. The van der Waals surface area contributed by atoms with Gasteiger partial charge in [-0.3, -0.25) is 0 Å². The summed E-state index contributed by atoms with van der Waals surface area (Å²) in [6.45, 7) is 4.64. The van der Waals surface area contributed by atoms with Crippen molar-refractivity contribution in [2.75, 3.05) is 30.3 Å². The summed E-state index contributed by atoms with van der Waals surface area (Å²) in [5.41, 5.74) is 7.13. The lowest BCUT2D eigenvalue weighted by atomic mass is 10.1. The number of benzene rings is 1. The van der Waals surface area contributed by atoms with Crippen molar-refractivity contribution >= 4 is 35.0 Å². The third-order valence-electron chi connectivity index (χ3n) is 3.56. The van der Waals surface area contributed by atoms with Crippen molar-refractivity contribution in [3.8, 4) is 11.3 Å². The van der Waals surface area contributed by atoms with Crippen LogP contribution in [0.25, 0.3) is 11.3 Å². The predicted octanol–water partition coefficient (Wildman–Crippen LogP) is 2.23. The highest BCUT2D eigenvalue weighted by Gasteiger charge is 2.20. The Balaban J connectivity index is 1.94. The highest BCUT2D eigenvalue weighted by atomic mass is 35.5. The maximum atomic E-state index is 6.21. The van der Waals surface area contributed by atoms with Gasteiger partial charge in [0.1, 0.15) is 5.69 Å². The van der Waals surface area contributed by atoms with Crippen molar-refractivity contribution in [2.24, 2.45) is 0 Å². The molecule has 0 saturated carbocycles. The van der Waals surface area contributed by atoms with E-state index in [-0.39, 0.29) is 0 Å². The van der Waals surface area contributed by atoms with Gasteiger partial charge in [0, 0.05) is 31.2 Å². The van der Waals surface area contributed by atoms with Gasteiger partial charge in [-0.25, -0.2) is 0 Å². The lowest BCUT2D eigenvalue weighted by Gasteiger charge is -2.31. The molecular formula is C14H16Cl2N6. The fourth-order valence-electron chi connectivity index (χ4n) is 2.46. The zero-order chi connectivity index (χ0) is 15.7. The topological polar surface area (TPSA) is 80.0 Å². The number of nitrogens with two attached hydrogens (primary N) is 1. The number of hydrogen-bond donors (Lipinski definition) is 2. The molecule has 22 heavy (non-hydrogen) atoms. The molecule has 1 aliphatic heterocycles. The number of aromatic nitrogens is 3. The number of hydrogen-bond acceptors (Lipinski definition) is 6. The van der Waals surface area contributed by atoms with E-state index in [1.54, 1.807) is 18.2 Å². The fraction of sp³-hybridized carbons (Fsp3) is 0.357. The second-order valence-corrected chi connectivity index (χ2v) is 6.03. The molecule has 0 spiro atoms. The molecular weight excluding hydrogens is 323 g/mol. The van der Waals surface area contributed by atoms with Gasteiger partial charge in [-0.1, -0.05) is 35.3 Å². The van der Waals surface area contributed by atoms with E-state index in [2.05, 4.69) is 32.3 Å². The molecule has 0 radical (unpaired) electrons. The fourth-order valence-corrected chi connectivity index (χ4v) is 2.85. The summed E-state index contributed by atoms with van der Waals surface area (Å²) in [5, 5.41) is 12.6. The summed E-state index contributed by atoms with van der Waals surface area (Å²) >= 11 is 12.2. The first-order valence-corrected chi connectivity index (χ1v) is 7.74. The minimum atomic E-state index is 0.292. The maximum absolute atomic E-state index is 6.21. The van der Waals surface area contributed by atoms with E-state index < -0.39 is 0 Å². The summed E-state index contributed by atoms with van der Waals surface area (Å²) in [6.07, 6.45) is 0. The van der Waals surface area contributed by atoms with Crippen molar-refractivity contribution < 1.29 is 0 Å². The third kappa shape index (κ3) is 2.95. The van der Waals surface area contributed by atoms with E-state index in [9.17, 15) is 0 Å². The van der Waals surface area contributed by atoms with Crippen LogP contribution in [0, 0.1) is 0 Å². The van der Waals surface area contributed by atoms with Crippen LogP contribution in [0.5, 0.6) is 0 Å². The molecule has 0 amide bonds. The van der Waals surface area contributed by atoms with Crippen molar-refractivity contribution in [3.05, 3.63) is 28.2 Å². The van der Waals surface area contributed by atoms with E-state index in [1.807, 2.05) is 0 Å². The van der Waals surface area contributed by atoms with Crippen LogP contribution in [0.3, 0.4) is 0 Å². The number of nitrogen functional groups attached to an aromatic ring is 1. The van der Waals surface area contributed by atoms with Gasteiger partial charge in [0.15, 0.2) is 5.82 Å². The first-order chi connectivity index (χ1) is 10.6. The second kappa shape index (κ2) is 6.24. The first-order valence-electron chi connectivity index (χ1n) is 6.99. The van der Waals surface area contributed by atoms with E-state index >= 15 is 0 Å². The van der Waals surface area contributed by atoms with Crippen molar-refractivity contribution in [2.45, 2.75) is 13.0 Å². The van der Waals surface area contributed by atoms with E-state index in [0.29, 0.717) is 39.1 Å². The van der Waals surface area contributed by atoms with Crippen LogP contribution in [-0.2, 0) is 0 Å². The van der Waals surface area contributed by atoms with Crippen LogP contribution < -0.4 is 16.0 Å². The summed E-state index contributed by atoms with van der Waals surface area (Å²) in [5.74, 6) is 0.827. The van der Waals surface area contributed by atoms with Gasteiger partial charge in [-0.15, -0.1) is 10.2 Å². The monoisotopic (exact) mass is 338 g/mol. The molecule has 1 aromatic heterocycles. The molecule has 1 atom stereocenters. The minimum absolute atomic E-state index is 0.292. The quantitative estimate of drug-likeness (QED) is 0.873. The number of halogens is 2.